The van der Waals surface area contributed by atoms with Crippen molar-refractivity contribution in [1.29, 1.82) is 0 Å². The molecule has 3 rings (SSSR count). The van der Waals surface area contributed by atoms with Crippen molar-refractivity contribution in [2.24, 2.45) is 5.73 Å². The van der Waals surface area contributed by atoms with Crippen LogP contribution in [0.2, 0.25) is 5.02 Å². The molecule has 2 N–H and O–H groups in total. The third-order valence-corrected chi connectivity index (χ3v) is 4.22. The summed E-state index contributed by atoms with van der Waals surface area (Å²) in [6.45, 7) is 0.478. The third kappa shape index (κ3) is 2.88. The number of ether oxygens (including phenoxy) is 1. The van der Waals surface area contributed by atoms with E-state index in [2.05, 4.69) is 20.9 Å². The first-order valence-electron chi connectivity index (χ1n) is 6.38. The summed E-state index contributed by atoms with van der Waals surface area (Å²) in [7, 11) is 0. The SMILES string of the molecule is NCc1ccc(Oc2ccc(Cl)c3cccnc23)cc1Br. The molecule has 0 spiro atoms. The van der Waals surface area contributed by atoms with Crippen LogP contribution < -0.4 is 10.5 Å². The second-order valence-corrected chi connectivity index (χ2v) is 5.77. The highest BCUT2D eigenvalue weighted by atomic mass is 79.9. The highest BCUT2D eigenvalue weighted by molar-refractivity contribution is 9.10. The lowest BCUT2D eigenvalue weighted by atomic mass is 10.2. The van der Waals surface area contributed by atoms with E-state index >= 15 is 0 Å². The Morgan fingerprint density at radius 2 is 2.05 bits per heavy atom. The molecule has 0 unspecified atom stereocenters. The average Bonchev–Trinajstić information content (AvgIpc) is 2.51. The molecule has 0 atom stereocenters. The molecule has 0 fully saturated rings. The molecule has 0 bridgehead atoms. The van der Waals surface area contributed by atoms with E-state index < -0.39 is 0 Å². The van der Waals surface area contributed by atoms with E-state index in [1.165, 1.54) is 0 Å². The Morgan fingerprint density at radius 1 is 1.19 bits per heavy atom. The summed E-state index contributed by atoms with van der Waals surface area (Å²) in [5.41, 5.74) is 7.42. The zero-order valence-electron chi connectivity index (χ0n) is 11.0. The summed E-state index contributed by atoms with van der Waals surface area (Å²) in [4.78, 5) is 4.35. The van der Waals surface area contributed by atoms with Gasteiger partial charge in [0, 0.05) is 22.6 Å². The molecule has 0 saturated carbocycles. The Bertz CT molecular complexity index is 807. The number of rotatable bonds is 3. The van der Waals surface area contributed by atoms with E-state index in [4.69, 9.17) is 22.1 Å². The standard InChI is InChI=1S/C16H12BrClN2O/c17-13-8-11(4-3-10(13)9-19)21-15-6-5-14(18)12-2-1-7-20-16(12)15/h1-8H,9,19H2. The normalized spacial score (nSPS) is 10.8. The minimum atomic E-state index is 0.478. The molecule has 0 saturated heterocycles. The Kier molecular flexibility index (Phi) is 4.10. The third-order valence-electron chi connectivity index (χ3n) is 3.15. The molecule has 0 aliphatic carbocycles. The zero-order chi connectivity index (χ0) is 14.8. The number of nitrogens with zero attached hydrogens (tertiary/aromatic N) is 1. The van der Waals surface area contributed by atoms with Gasteiger partial charge in [0.15, 0.2) is 5.75 Å². The Balaban J connectivity index is 2.02. The lowest BCUT2D eigenvalue weighted by Gasteiger charge is -2.10. The van der Waals surface area contributed by atoms with Crippen molar-refractivity contribution >= 4 is 38.4 Å². The van der Waals surface area contributed by atoms with Gasteiger partial charge >= 0.3 is 0 Å². The quantitative estimate of drug-likeness (QED) is 0.720. The highest BCUT2D eigenvalue weighted by Crippen LogP contribution is 2.33. The van der Waals surface area contributed by atoms with Gasteiger partial charge in [-0.3, -0.25) is 4.98 Å². The van der Waals surface area contributed by atoms with Gasteiger partial charge in [-0.1, -0.05) is 33.6 Å². The van der Waals surface area contributed by atoms with Crippen molar-refractivity contribution in [1.82, 2.24) is 4.98 Å². The molecule has 21 heavy (non-hydrogen) atoms. The number of halogens is 2. The van der Waals surface area contributed by atoms with Crippen LogP contribution in [0.3, 0.4) is 0 Å². The second kappa shape index (κ2) is 6.02. The Morgan fingerprint density at radius 3 is 2.81 bits per heavy atom. The molecule has 1 aromatic heterocycles. The first-order valence-corrected chi connectivity index (χ1v) is 7.55. The second-order valence-electron chi connectivity index (χ2n) is 4.50. The first kappa shape index (κ1) is 14.3. The number of hydrogen-bond acceptors (Lipinski definition) is 3. The van der Waals surface area contributed by atoms with E-state index in [-0.39, 0.29) is 0 Å². The maximum absolute atomic E-state index is 6.18. The van der Waals surface area contributed by atoms with Gasteiger partial charge in [-0.15, -0.1) is 0 Å². The molecule has 5 heteroatoms. The minimum Gasteiger partial charge on any atom is -0.455 e. The van der Waals surface area contributed by atoms with Crippen LogP contribution in [0.25, 0.3) is 10.9 Å². The fraction of sp³-hybridized carbons (Fsp3) is 0.0625. The van der Waals surface area contributed by atoms with Crippen molar-refractivity contribution in [2.75, 3.05) is 0 Å². The van der Waals surface area contributed by atoms with Crippen LogP contribution in [-0.2, 0) is 6.54 Å². The van der Waals surface area contributed by atoms with E-state index in [1.807, 2.05) is 42.5 Å². The van der Waals surface area contributed by atoms with E-state index in [0.29, 0.717) is 23.1 Å². The molecule has 1 heterocycles. The van der Waals surface area contributed by atoms with Crippen LogP contribution in [0.15, 0.2) is 53.1 Å². The molecule has 3 aromatic rings. The van der Waals surface area contributed by atoms with Crippen molar-refractivity contribution in [2.45, 2.75) is 6.54 Å². The van der Waals surface area contributed by atoms with Crippen LogP contribution in [0.5, 0.6) is 11.5 Å². The summed E-state index contributed by atoms with van der Waals surface area (Å²) in [6, 6.07) is 13.1. The maximum atomic E-state index is 6.18. The van der Waals surface area contributed by atoms with Gasteiger partial charge in [-0.2, -0.15) is 0 Å². The first-order chi connectivity index (χ1) is 10.2. The molecule has 0 aliphatic heterocycles. The van der Waals surface area contributed by atoms with Crippen LogP contribution in [-0.4, -0.2) is 4.98 Å². The van der Waals surface area contributed by atoms with Crippen LogP contribution in [0, 0.1) is 0 Å². The average molecular weight is 364 g/mol. The van der Waals surface area contributed by atoms with E-state index in [1.54, 1.807) is 6.20 Å². The number of fused-ring (bicyclic) bond motifs is 1. The molecule has 0 amide bonds. The van der Waals surface area contributed by atoms with Crippen molar-refractivity contribution < 1.29 is 4.74 Å². The zero-order valence-corrected chi connectivity index (χ0v) is 13.4. The fourth-order valence-electron chi connectivity index (χ4n) is 2.08. The maximum Gasteiger partial charge on any atom is 0.153 e. The molecular weight excluding hydrogens is 352 g/mol. The molecule has 2 aromatic carbocycles. The summed E-state index contributed by atoms with van der Waals surface area (Å²) < 4.78 is 6.86. The van der Waals surface area contributed by atoms with Gasteiger partial charge in [0.05, 0.1) is 5.02 Å². The lowest BCUT2D eigenvalue weighted by Crippen LogP contribution is -1.97. The van der Waals surface area contributed by atoms with Crippen LogP contribution in [0.1, 0.15) is 5.56 Å². The van der Waals surface area contributed by atoms with Gasteiger partial charge in [0.1, 0.15) is 11.3 Å². The summed E-state index contributed by atoms with van der Waals surface area (Å²) in [5, 5.41) is 1.53. The fourth-order valence-corrected chi connectivity index (χ4v) is 2.81. The number of pyridine rings is 1. The van der Waals surface area contributed by atoms with Gasteiger partial charge in [0.2, 0.25) is 0 Å². The largest absolute Gasteiger partial charge is 0.455 e. The molecule has 0 aliphatic rings. The topological polar surface area (TPSA) is 48.1 Å². The Hall–Kier alpha value is -1.62. The number of nitrogens with two attached hydrogens (primary N) is 1. The summed E-state index contributed by atoms with van der Waals surface area (Å²) in [6.07, 6.45) is 1.72. The van der Waals surface area contributed by atoms with Crippen LogP contribution in [0.4, 0.5) is 0 Å². The van der Waals surface area contributed by atoms with Gasteiger partial charge < -0.3 is 10.5 Å². The summed E-state index contributed by atoms with van der Waals surface area (Å²) >= 11 is 9.67. The summed E-state index contributed by atoms with van der Waals surface area (Å²) in [5.74, 6) is 1.38. The van der Waals surface area contributed by atoms with E-state index in [9.17, 15) is 0 Å². The van der Waals surface area contributed by atoms with Crippen molar-refractivity contribution in [3.8, 4) is 11.5 Å². The predicted octanol–water partition coefficient (Wildman–Crippen LogP) is 4.90. The van der Waals surface area contributed by atoms with Gasteiger partial charge in [-0.05, 0) is 42.0 Å². The monoisotopic (exact) mass is 362 g/mol. The molecule has 3 nitrogen and oxygen atoms in total. The van der Waals surface area contributed by atoms with Crippen molar-refractivity contribution in [3.63, 3.8) is 0 Å². The molecule has 106 valence electrons. The number of hydrogen-bond donors (Lipinski definition) is 1. The van der Waals surface area contributed by atoms with Gasteiger partial charge in [-0.25, -0.2) is 0 Å². The van der Waals surface area contributed by atoms with Gasteiger partial charge in [0.25, 0.3) is 0 Å². The molecular formula is C16H12BrClN2O. The predicted molar refractivity (Wildman–Crippen MR) is 88.9 cm³/mol. The lowest BCUT2D eigenvalue weighted by molar-refractivity contribution is 0.486. The minimum absolute atomic E-state index is 0.478. The van der Waals surface area contributed by atoms with E-state index in [0.717, 1.165) is 20.9 Å². The number of benzene rings is 2. The van der Waals surface area contributed by atoms with Crippen molar-refractivity contribution in [3.05, 3.63) is 63.7 Å². The Labute approximate surface area is 135 Å². The smallest absolute Gasteiger partial charge is 0.153 e. The molecule has 0 radical (unpaired) electrons. The highest BCUT2D eigenvalue weighted by Gasteiger charge is 2.08. The van der Waals surface area contributed by atoms with Crippen LogP contribution >= 0.6 is 27.5 Å². The number of aromatic nitrogens is 1.